The Bertz CT molecular complexity index is 1000. The van der Waals surface area contributed by atoms with Crippen molar-refractivity contribution in [3.05, 3.63) is 72.3 Å². The molecule has 29 heavy (non-hydrogen) atoms. The molecule has 0 aliphatic carbocycles. The second kappa shape index (κ2) is 9.38. The van der Waals surface area contributed by atoms with Crippen LogP contribution in [0, 0.1) is 6.92 Å². The standard InChI is InChI=1S/C21H25N3O4S/c1-5-14-22-21(26)18-8-6-7-9-19(18)23-20(25)16(3)24(29(4,27)28)17-12-10-15(2)11-13-17/h5-13,16H,1,14H2,2-4H3,(H,22,26)(H,23,25)/t16-/m1/s1. The number of anilines is 2. The fourth-order valence-corrected chi connectivity index (χ4v) is 3.96. The van der Waals surface area contributed by atoms with Crippen molar-refractivity contribution in [1.29, 1.82) is 0 Å². The topological polar surface area (TPSA) is 95.6 Å². The third-order valence-corrected chi connectivity index (χ3v) is 5.46. The Morgan fingerprint density at radius 3 is 2.34 bits per heavy atom. The van der Waals surface area contributed by atoms with Gasteiger partial charge in [0.2, 0.25) is 15.9 Å². The fraction of sp³-hybridized carbons (Fsp3) is 0.238. The van der Waals surface area contributed by atoms with E-state index in [9.17, 15) is 18.0 Å². The SMILES string of the molecule is C=CCNC(=O)c1ccccc1NC(=O)[C@@H](C)N(c1ccc(C)cc1)S(C)(=O)=O. The van der Waals surface area contributed by atoms with Crippen LogP contribution in [0.1, 0.15) is 22.8 Å². The van der Waals surface area contributed by atoms with Gasteiger partial charge in [0.1, 0.15) is 6.04 Å². The number of carbonyl (C=O) groups is 2. The van der Waals surface area contributed by atoms with E-state index in [0.717, 1.165) is 16.1 Å². The highest BCUT2D eigenvalue weighted by Crippen LogP contribution is 2.23. The molecular formula is C21H25N3O4S. The molecule has 0 radical (unpaired) electrons. The smallest absolute Gasteiger partial charge is 0.253 e. The van der Waals surface area contributed by atoms with E-state index in [1.54, 1.807) is 54.6 Å². The maximum Gasteiger partial charge on any atom is 0.253 e. The molecule has 0 aliphatic rings. The minimum Gasteiger partial charge on any atom is -0.349 e. The van der Waals surface area contributed by atoms with Crippen molar-refractivity contribution < 1.29 is 18.0 Å². The second-order valence-corrected chi connectivity index (χ2v) is 8.46. The molecule has 8 heteroatoms. The minimum absolute atomic E-state index is 0.274. The molecular weight excluding hydrogens is 390 g/mol. The van der Waals surface area contributed by atoms with E-state index < -0.39 is 22.0 Å². The average Bonchev–Trinajstić information content (AvgIpc) is 2.67. The number of nitrogens with one attached hydrogen (secondary N) is 2. The number of benzene rings is 2. The molecule has 2 aromatic rings. The highest BCUT2D eigenvalue weighted by Gasteiger charge is 2.29. The first-order valence-corrected chi connectivity index (χ1v) is 10.8. The molecule has 0 unspecified atom stereocenters. The van der Waals surface area contributed by atoms with Gasteiger partial charge in [-0.3, -0.25) is 13.9 Å². The maximum atomic E-state index is 12.9. The van der Waals surface area contributed by atoms with Gasteiger partial charge in [0.25, 0.3) is 5.91 Å². The van der Waals surface area contributed by atoms with E-state index in [0.29, 0.717) is 11.4 Å². The van der Waals surface area contributed by atoms with Gasteiger partial charge in [0.15, 0.2) is 0 Å². The third kappa shape index (κ3) is 5.68. The highest BCUT2D eigenvalue weighted by atomic mass is 32.2. The van der Waals surface area contributed by atoms with Crippen molar-refractivity contribution in [1.82, 2.24) is 5.32 Å². The molecule has 0 bridgehead atoms. The zero-order valence-electron chi connectivity index (χ0n) is 16.7. The molecule has 2 amide bonds. The van der Waals surface area contributed by atoms with Gasteiger partial charge in [0, 0.05) is 6.54 Å². The van der Waals surface area contributed by atoms with Crippen molar-refractivity contribution in [2.75, 3.05) is 22.4 Å². The molecule has 7 nitrogen and oxygen atoms in total. The van der Waals surface area contributed by atoms with Crippen LogP contribution in [0.4, 0.5) is 11.4 Å². The monoisotopic (exact) mass is 415 g/mol. The molecule has 0 saturated heterocycles. The zero-order valence-corrected chi connectivity index (χ0v) is 17.5. The summed E-state index contributed by atoms with van der Waals surface area (Å²) in [6.45, 7) is 7.22. The van der Waals surface area contributed by atoms with Crippen molar-refractivity contribution >= 4 is 33.2 Å². The molecule has 0 aromatic heterocycles. The molecule has 0 aliphatic heterocycles. The first-order valence-electron chi connectivity index (χ1n) is 9.00. The molecule has 1 atom stereocenters. The van der Waals surface area contributed by atoms with Crippen LogP contribution in [0.2, 0.25) is 0 Å². The lowest BCUT2D eigenvalue weighted by atomic mass is 10.1. The van der Waals surface area contributed by atoms with Crippen LogP contribution in [0.25, 0.3) is 0 Å². The number of aryl methyl sites for hydroxylation is 1. The second-order valence-electron chi connectivity index (χ2n) is 6.60. The Kier molecular flexibility index (Phi) is 7.17. The quantitative estimate of drug-likeness (QED) is 0.648. The van der Waals surface area contributed by atoms with E-state index in [1.165, 1.54) is 6.92 Å². The van der Waals surface area contributed by atoms with Gasteiger partial charge >= 0.3 is 0 Å². The molecule has 0 spiro atoms. The van der Waals surface area contributed by atoms with Crippen LogP contribution in [0.3, 0.4) is 0 Å². The number of nitrogens with zero attached hydrogens (tertiary/aromatic N) is 1. The fourth-order valence-electron chi connectivity index (χ4n) is 2.79. The number of rotatable bonds is 8. The number of para-hydroxylation sites is 1. The minimum atomic E-state index is -3.72. The molecule has 2 rings (SSSR count). The van der Waals surface area contributed by atoms with Crippen LogP contribution >= 0.6 is 0 Å². The summed E-state index contributed by atoms with van der Waals surface area (Å²) in [5, 5.41) is 5.32. The molecule has 2 aromatic carbocycles. The normalized spacial score (nSPS) is 12.0. The summed E-state index contributed by atoms with van der Waals surface area (Å²) in [5.41, 5.74) is 1.93. The van der Waals surface area contributed by atoms with E-state index in [1.807, 2.05) is 6.92 Å². The summed E-state index contributed by atoms with van der Waals surface area (Å²) in [6, 6.07) is 12.3. The van der Waals surface area contributed by atoms with Gasteiger partial charge in [-0.1, -0.05) is 35.9 Å². The Balaban J connectivity index is 2.30. The van der Waals surface area contributed by atoms with Gasteiger partial charge < -0.3 is 10.6 Å². The number of hydrogen-bond acceptors (Lipinski definition) is 4. The van der Waals surface area contributed by atoms with Gasteiger partial charge in [0.05, 0.1) is 23.2 Å². The first kappa shape index (κ1) is 22.2. The Labute approximate surface area is 171 Å². The predicted octanol–water partition coefficient (Wildman–Crippen LogP) is 2.70. The number of hydrogen-bond donors (Lipinski definition) is 2. The van der Waals surface area contributed by atoms with Gasteiger partial charge in [-0.25, -0.2) is 8.42 Å². The van der Waals surface area contributed by atoms with Crippen LogP contribution < -0.4 is 14.9 Å². The molecule has 0 heterocycles. The third-order valence-electron chi connectivity index (χ3n) is 4.21. The van der Waals surface area contributed by atoms with Crippen molar-refractivity contribution in [3.8, 4) is 0 Å². The largest absolute Gasteiger partial charge is 0.349 e. The Morgan fingerprint density at radius 1 is 1.14 bits per heavy atom. The molecule has 2 N–H and O–H groups in total. The summed E-state index contributed by atoms with van der Waals surface area (Å²) in [5.74, 6) is -0.924. The van der Waals surface area contributed by atoms with Crippen LogP contribution in [-0.2, 0) is 14.8 Å². The molecule has 154 valence electrons. The molecule has 0 fully saturated rings. The first-order chi connectivity index (χ1) is 13.6. The predicted molar refractivity (Wildman–Crippen MR) is 116 cm³/mol. The van der Waals surface area contributed by atoms with Gasteiger partial charge in [-0.15, -0.1) is 6.58 Å². The maximum absolute atomic E-state index is 12.9. The highest BCUT2D eigenvalue weighted by molar-refractivity contribution is 7.92. The van der Waals surface area contributed by atoms with Crippen molar-refractivity contribution in [2.24, 2.45) is 0 Å². The summed E-state index contributed by atoms with van der Waals surface area (Å²) in [6.07, 6.45) is 2.60. The summed E-state index contributed by atoms with van der Waals surface area (Å²) < 4.78 is 25.8. The summed E-state index contributed by atoms with van der Waals surface area (Å²) in [7, 11) is -3.72. The molecule has 0 saturated carbocycles. The van der Waals surface area contributed by atoms with Gasteiger partial charge in [-0.05, 0) is 38.1 Å². The van der Waals surface area contributed by atoms with Crippen molar-refractivity contribution in [3.63, 3.8) is 0 Å². The van der Waals surface area contributed by atoms with Gasteiger partial charge in [-0.2, -0.15) is 0 Å². The lowest BCUT2D eigenvalue weighted by Gasteiger charge is -2.28. The van der Waals surface area contributed by atoms with Crippen LogP contribution in [0.5, 0.6) is 0 Å². The van der Waals surface area contributed by atoms with Crippen LogP contribution in [-0.4, -0.2) is 39.1 Å². The van der Waals surface area contributed by atoms with Crippen LogP contribution in [0.15, 0.2) is 61.2 Å². The van der Waals surface area contributed by atoms with Crippen molar-refractivity contribution in [2.45, 2.75) is 19.9 Å². The van der Waals surface area contributed by atoms with E-state index in [-0.39, 0.29) is 18.0 Å². The number of amides is 2. The number of sulfonamides is 1. The zero-order chi connectivity index (χ0) is 21.6. The summed E-state index contributed by atoms with van der Waals surface area (Å²) in [4.78, 5) is 25.2. The van der Waals surface area contributed by atoms with E-state index >= 15 is 0 Å². The lowest BCUT2D eigenvalue weighted by Crippen LogP contribution is -2.45. The average molecular weight is 416 g/mol. The lowest BCUT2D eigenvalue weighted by molar-refractivity contribution is -0.116. The Hall–Kier alpha value is -3.13. The Morgan fingerprint density at radius 2 is 1.76 bits per heavy atom. The summed E-state index contributed by atoms with van der Waals surface area (Å²) >= 11 is 0. The van der Waals surface area contributed by atoms with E-state index in [4.69, 9.17) is 0 Å². The number of carbonyl (C=O) groups excluding carboxylic acids is 2. The van der Waals surface area contributed by atoms with E-state index in [2.05, 4.69) is 17.2 Å².